The summed E-state index contributed by atoms with van der Waals surface area (Å²) in [6, 6.07) is 20.7. The molecule has 0 spiro atoms. The van der Waals surface area contributed by atoms with Gasteiger partial charge in [-0.1, -0.05) is 18.2 Å². The summed E-state index contributed by atoms with van der Waals surface area (Å²) < 4.78 is 13.2. The number of thiocarbonyl (C=S) groups is 1. The molecule has 0 unspecified atom stereocenters. The number of para-hydroxylation sites is 2. The van der Waals surface area contributed by atoms with Crippen LogP contribution in [0, 0.1) is 13.8 Å². The first-order valence-electron chi connectivity index (χ1n) is 11.6. The standard InChI is InChI=1S/C28H28N4O3S/c1-17-15-20(18(2)31(17)22-10-5-6-11-24(22)33)27-26(21-9-7-8-14-29-21)30-28(36)32(27)23-13-12-19(34-3)16-25(23)35-4/h5-16,26-27,33H,1-4H3,(H,30,36)/t26-,27-/m0/s1. The Morgan fingerprint density at radius 1 is 0.944 bits per heavy atom. The maximum atomic E-state index is 10.6. The molecule has 1 saturated heterocycles. The van der Waals surface area contributed by atoms with E-state index in [-0.39, 0.29) is 17.8 Å². The Bertz CT molecular complexity index is 1420. The average Bonchev–Trinajstić information content (AvgIpc) is 3.39. The van der Waals surface area contributed by atoms with E-state index in [9.17, 15) is 5.11 Å². The molecule has 2 aromatic carbocycles. The summed E-state index contributed by atoms with van der Waals surface area (Å²) in [5.41, 5.74) is 5.51. The Labute approximate surface area is 215 Å². The molecule has 1 aliphatic rings. The van der Waals surface area contributed by atoms with Crippen LogP contribution in [0.1, 0.15) is 34.7 Å². The monoisotopic (exact) mass is 500 g/mol. The predicted molar refractivity (Wildman–Crippen MR) is 144 cm³/mol. The van der Waals surface area contributed by atoms with Crippen molar-refractivity contribution in [2.75, 3.05) is 19.1 Å². The fourth-order valence-corrected chi connectivity index (χ4v) is 5.36. The number of rotatable bonds is 6. The van der Waals surface area contributed by atoms with Crippen LogP contribution in [0.15, 0.2) is 72.9 Å². The van der Waals surface area contributed by atoms with Crippen LogP contribution in [0.3, 0.4) is 0 Å². The van der Waals surface area contributed by atoms with Crippen molar-refractivity contribution >= 4 is 23.0 Å². The lowest BCUT2D eigenvalue weighted by Gasteiger charge is -2.29. The lowest BCUT2D eigenvalue weighted by molar-refractivity contribution is 0.394. The molecular weight excluding hydrogens is 472 g/mol. The molecule has 0 aliphatic carbocycles. The number of aryl methyl sites for hydroxylation is 1. The van der Waals surface area contributed by atoms with Gasteiger partial charge in [-0.2, -0.15) is 0 Å². The SMILES string of the molecule is COc1ccc(N2C(=S)N[C@@H](c3ccccn3)[C@@H]2c2cc(C)n(-c3ccccc3O)c2C)c(OC)c1. The number of phenols is 1. The zero-order valence-electron chi connectivity index (χ0n) is 20.6. The van der Waals surface area contributed by atoms with Gasteiger partial charge in [-0.3, -0.25) is 4.98 Å². The highest BCUT2D eigenvalue weighted by atomic mass is 32.1. The first kappa shape index (κ1) is 23.7. The molecule has 0 bridgehead atoms. The van der Waals surface area contributed by atoms with Gasteiger partial charge in [0.05, 0.1) is 43.4 Å². The van der Waals surface area contributed by atoms with Crippen LogP contribution >= 0.6 is 12.2 Å². The Kier molecular flexibility index (Phi) is 6.28. The number of pyridine rings is 1. The van der Waals surface area contributed by atoms with Crippen molar-refractivity contribution in [3.05, 3.63) is 95.6 Å². The zero-order chi connectivity index (χ0) is 25.4. The lowest BCUT2D eigenvalue weighted by Crippen LogP contribution is -2.30. The minimum Gasteiger partial charge on any atom is -0.506 e. The van der Waals surface area contributed by atoms with Crippen molar-refractivity contribution in [2.24, 2.45) is 0 Å². The summed E-state index contributed by atoms with van der Waals surface area (Å²) in [6.07, 6.45) is 1.79. The first-order chi connectivity index (χ1) is 17.4. The molecule has 0 saturated carbocycles. The summed E-state index contributed by atoms with van der Waals surface area (Å²) >= 11 is 5.90. The molecule has 2 aromatic heterocycles. The van der Waals surface area contributed by atoms with Crippen molar-refractivity contribution in [3.8, 4) is 22.9 Å². The lowest BCUT2D eigenvalue weighted by atomic mass is 9.96. The predicted octanol–water partition coefficient (Wildman–Crippen LogP) is 5.39. The highest BCUT2D eigenvalue weighted by molar-refractivity contribution is 7.80. The van der Waals surface area contributed by atoms with Crippen molar-refractivity contribution in [1.82, 2.24) is 14.9 Å². The van der Waals surface area contributed by atoms with Crippen LogP contribution in [0.25, 0.3) is 5.69 Å². The van der Waals surface area contributed by atoms with Crippen LogP contribution in [-0.2, 0) is 0 Å². The Balaban J connectivity index is 1.71. The molecule has 2 N–H and O–H groups in total. The van der Waals surface area contributed by atoms with Gasteiger partial charge < -0.3 is 29.4 Å². The van der Waals surface area contributed by atoms with Gasteiger partial charge in [-0.15, -0.1) is 0 Å². The van der Waals surface area contributed by atoms with E-state index < -0.39 is 0 Å². The summed E-state index contributed by atoms with van der Waals surface area (Å²) in [7, 11) is 3.27. The van der Waals surface area contributed by atoms with E-state index in [1.165, 1.54) is 0 Å². The molecule has 0 radical (unpaired) electrons. The molecule has 8 heteroatoms. The number of methoxy groups -OCH3 is 2. The topological polar surface area (TPSA) is 71.8 Å². The minimum absolute atomic E-state index is 0.205. The molecular formula is C28H28N4O3S. The number of hydrogen-bond acceptors (Lipinski definition) is 5. The Morgan fingerprint density at radius 2 is 1.72 bits per heavy atom. The quantitative estimate of drug-likeness (QED) is 0.344. The number of benzene rings is 2. The molecule has 4 aromatic rings. The number of nitrogens with one attached hydrogen (secondary N) is 1. The molecule has 1 aliphatic heterocycles. The summed E-state index contributed by atoms with van der Waals surface area (Å²) in [6.45, 7) is 4.10. The third-order valence-corrected chi connectivity index (χ3v) is 6.97. The summed E-state index contributed by atoms with van der Waals surface area (Å²) in [4.78, 5) is 6.74. The Morgan fingerprint density at radius 3 is 2.42 bits per heavy atom. The van der Waals surface area contributed by atoms with Gasteiger partial charge in [0.2, 0.25) is 0 Å². The molecule has 2 atom stereocenters. The van der Waals surface area contributed by atoms with Gasteiger partial charge in [0.1, 0.15) is 17.2 Å². The largest absolute Gasteiger partial charge is 0.506 e. The van der Waals surface area contributed by atoms with Crippen LogP contribution in [-0.4, -0.2) is 34.0 Å². The number of ether oxygens (including phenoxy) is 2. The van der Waals surface area contributed by atoms with Crippen LogP contribution < -0.4 is 19.7 Å². The normalized spacial score (nSPS) is 17.2. The third-order valence-electron chi connectivity index (χ3n) is 6.66. The second-order valence-electron chi connectivity index (χ2n) is 8.68. The van der Waals surface area contributed by atoms with E-state index in [0.29, 0.717) is 16.6 Å². The van der Waals surface area contributed by atoms with Gasteiger partial charge in [0.25, 0.3) is 0 Å². The van der Waals surface area contributed by atoms with Crippen LogP contribution in [0.4, 0.5) is 5.69 Å². The van der Waals surface area contributed by atoms with Crippen molar-refractivity contribution in [1.29, 1.82) is 0 Å². The third kappa shape index (κ3) is 3.93. The fraction of sp³-hybridized carbons (Fsp3) is 0.214. The highest BCUT2D eigenvalue weighted by Crippen LogP contribution is 2.47. The number of anilines is 1. The molecule has 0 amide bonds. The van der Waals surface area contributed by atoms with Gasteiger partial charge in [-0.25, -0.2) is 0 Å². The summed E-state index contributed by atoms with van der Waals surface area (Å²) in [5.74, 6) is 1.57. The molecule has 3 heterocycles. The van der Waals surface area contributed by atoms with Crippen LogP contribution in [0.2, 0.25) is 0 Å². The number of aromatic nitrogens is 2. The molecule has 5 rings (SSSR count). The van der Waals surface area contributed by atoms with Gasteiger partial charge >= 0.3 is 0 Å². The number of nitrogens with zero attached hydrogens (tertiary/aromatic N) is 3. The molecule has 184 valence electrons. The van der Waals surface area contributed by atoms with E-state index in [0.717, 1.165) is 34.0 Å². The maximum absolute atomic E-state index is 10.6. The fourth-order valence-electron chi connectivity index (χ4n) is 5.03. The van der Waals surface area contributed by atoms with E-state index >= 15 is 0 Å². The molecule has 7 nitrogen and oxygen atoms in total. The zero-order valence-corrected chi connectivity index (χ0v) is 21.4. The number of hydrogen-bond donors (Lipinski definition) is 2. The van der Waals surface area contributed by atoms with Crippen LogP contribution in [0.5, 0.6) is 17.2 Å². The van der Waals surface area contributed by atoms with Crippen molar-refractivity contribution < 1.29 is 14.6 Å². The maximum Gasteiger partial charge on any atom is 0.174 e. The first-order valence-corrected chi connectivity index (χ1v) is 12.0. The van der Waals surface area contributed by atoms with E-state index in [1.807, 2.05) is 61.5 Å². The minimum atomic E-state index is -0.222. The van der Waals surface area contributed by atoms with Gasteiger partial charge in [-0.05, 0) is 74.1 Å². The second kappa shape index (κ2) is 9.54. The Hall–Kier alpha value is -4.04. The van der Waals surface area contributed by atoms with E-state index in [2.05, 4.69) is 32.8 Å². The van der Waals surface area contributed by atoms with Crippen molar-refractivity contribution in [3.63, 3.8) is 0 Å². The van der Waals surface area contributed by atoms with E-state index in [1.54, 1.807) is 26.5 Å². The number of phenolic OH excluding ortho intramolecular Hbond substituents is 1. The highest BCUT2D eigenvalue weighted by Gasteiger charge is 2.43. The van der Waals surface area contributed by atoms with Gasteiger partial charge in [0.15, 0.2) is 5.11 Å². The summed E-state index contributed by atoms with van der Waals surface area (Å²) in [5, 5.41) is 14.7. The second-order valence-corrected chi connectivity index (χ2v) is 9.07. The number of aromatic hydroxyl groups is 1. The van der Waals surface area contributed by atoms with Gasteiger partial charge in [0, 0.05) is 23.7 Å². The smallest absolute Gasteiger partial charge is 0.174 e. The van der Waals surface area contributed by atoms with Crippen molar-refractivity contribution in [2.45, 2.75) is 25.9 Å². The molecule has 1 fully saturated rings. The van der Waals surface area contributed by atoms with E-state index in [4.69, 9.17) is 21.7 Å². The molecule has 36 heavy (non-hydrogen) atoms. The average molecular weight is 501 g/mol.